The number of benzene rings is 1. The van der Waals surface area contributed by atoms with Crippen molar-refractivity contribution in [2.45, 2.75) is 38.6 Å². The van der Waals surface area contributed by atoms with E-state index in [1.165, 1.54) is 7.11 Å². The molecule has 152 valence electrons. The molecule has 0 radical (unpaired) electrons. The van der Waals surface area contributed by atoms with Gasteiger partial charge in [-0.25, -0.2) is 4.98 Å². The molecule has 1 aromatic carbocycles. The van der Waals surface area contributed by atoms with Crippen LogP contribution in [0.2, 0.25) is 0 Å². The zero-order chi connectivity index (χ0) is 20.2. The molecule has 7 nitrogen and oxygen atoms in total. The van der Waals surface area contributed by atoms with Crippen LogP contribution in [0.3, 0.4) is 0 Å². The van der Waals surface area contributed by atoms with Crippen LogP contribution in [0.5, 0.6) is 0 Å². The average Bonchev–Trinajstić information content (AvgIpc) is 3.18. The number of hydrogen-bond acceptors (Lipinski definition) is 4. The van der Waals surface area contributed by atoms with Crippen LogP contribution in [0, 0.1) is 0 Å². The first-order chi connectivity index (χ1) is 13.6. The summed E-state index contributed by atoms with van der Waals surface area (Å²) >= 11 is 0. The van der Waals surface area contributed by atoms with E-state index in [9.17, 15) is 4.79 Å². The number of esters is 1. The fraction of sp³-hybridized carbons (Fsp3) is 0.476. The summed E-state index contributed by atoms with van der Waals surface area (Å²) in [7, 11) is 5.21. The zero-order valence-corrected chi connectivity index (χ0v) is 17.1. The van der Waals surface area contributed by atoms with Crippen LogP contribution in [0.15, 0.2) is 41.5 Å². The molecule has 0 unspecified atom stereocenters. The lowest BCUT2D eigenvalue weighted by Gasteiger charge is -2.21. The maximum absolute atomic E-state index is 11.1. The van der Waals surface area contributed by atoms with E-state index in [0.29, 0.717) is 13.0 Å². The fourth-order valence-corrected chi connectivity index (χ4v) is 2.94. The van der Waals surface area contributed by atoms with Crippen LogP contribution in [0.25, 0.3) is 11.3 Å². The van der Waals surface area contributed by atoms with E-state index in [4.69, 9.17) is 0 Å². The first-order valence-corrected chi connectivity index (χ1v) is 9.72. The molecule has 0 spiro atoms. The summed E-state index contributed by atoms with van der Waals surface area (Å²) < 4.78 is 4.65. The van der Waals surface area contributed by atoms with E-state index >= 15 is 0 Å². The second-order valence-corrected chi connectivity index (χ2v) is 6.68. The Labute approximate surface area is 167 Å². The van der Waals surface area contributed by atoms with Gasteiger partial charge in [0.15, 0.2) is 5.96 Å². The number of guanidine groups is 1. The molecule has 1 heterocycles. The summed E-state index contributed by atoms with van der Waals surface area (Å²) in [5.74, 6) is 1.60. The van der Waals surface area contributed by atoms with Gasteiger partial charge in [-0.1, -0.05) is 43.2 Å². The topological polar surface area (TPSA) is 82.6 Å². The lowest BCUT2D eigenvalue weighted by atomic mass is 10.1. The van der Waals surface area contributed by atoms with Crippen LogP contribution >= 0.6 is 0 Å². The number of ether oxygens (including phenoxy) is 1. The maximum atomic E-state index is 11.1. The van der Waals surface area contributed by atoms with E-state index in [1.54, 1.807) is 7.05 Å². The monoisotopic (exact) mass is 385 g/mol. The van der Waals surface area contributed by atoms with Gasteiger partial charge in [0.1, 0.15) is 5.82 Å². The first kappa shape index (κ1) is 21.5. The Balaban J connectivity index is 1.71. The molecular weight excluding hydrogens is 354 g/mol. The van der Waals surface area contributed by atoms with Crippen LogP contribution in [0.1, 0.15) is 37.9 Å². The molecule has 0 saturated carbocycles. The van der Waals surface area contributed by atoms with Gasteiger partial charge in [-0.2, -0.15) is 0 Å². The predicted octanol–water partition coefficient (Wildman–Crippen LogP) is 3.21. The molecule has 0 aliphatic carbocycles. The molecule has 0 saturated heterocycles. The number of nitrogens with zero attached hydrogens (tertiary/aromatic N) is 3. The Bertz CT molecular complexity index is 742. The van der Waals surface area contributed by atoms with Crippen molar-refractivity contribution in [2.24, 2.45) is 4.99 Å². The number of methoxy groups -OCH3 is 1. The van der Waals surface area contributed by atoms with Gasteiger partial charge in [0.25, 0.3) is 0 Å². The smallest absolute Gasteiger partial charge is 0.305 e. The molecule has 0 amide bonds. The second kappa shape index (κ2) is 11.8. The predicted molar refractivity (Wildman–Crippen MR) is 112 cm³/mol. The molecule has 2 rings (SSSR count). The van der Waals surface area contributed by atoms with Gasteiger partial charge < -0.3 is 19.9 Å². The van der Waals surface area contributed by atoms with Crippen molar-refractivity contribution in [1.82, 2.24) is 20.2 Å². The summed E-state index contributed by atoms with van der Waals surface area (Å²) in [6.45, 7) is 1.49. The summed E-state index contributed by atoms with van der Waals surface area (Å²) in [5.41, 5.74) is 2.14. The summed E-state index contributed by atoms with van der Waals surface area (Å²) in [5, 5.41) is 3.38. The maximum Gasteiger partial charge on any atom is 0.305 e. The highest BCUT2D eigenvalue weighted by molar-refractivity contribution is 5.79. The molecule has 1 aromatic heterocycles. The van der Waals surface area contributed by atoms with Crippen molar-refractivity contribution < 1.29 is 9.53 Å². The van der Waals surface area contributed by atoms with Crippen molar-refractivity contribution in [1.29, 1.82) is 0 Å². The van der Waals surface area contributed by atoms with Gasteiger partial charge in [-0.05, 0) is 18.4 Å². The van der Waals surface area contributed by atoms with Gasteiger partial charge in [-0.15, -0.1) is 0 Å². The number of unbranched alkanes of at least 4 members (excludes halogenated alkanes) is 3. The number of hydrogen-bond donors (Lipinski definition) is 2. The second-order valence-electron chi connectivity index (χ2n) is 6.68. The lowest BCUT2D eigenvalue weighted by molar-refractivity contribution is -0.140. The molecule has 0 fully saturated rings. The lowest BCUT2D eigenvalue weighted by Crippen LogP contribution is -2.39. The molecule has 0 aliphatic heterocycles. The van der Waals surface area contributed by atoms with Gasteiger partial charge in [0.05, 0.1) is 25.5 Å². The number of nitrogens with one attached hydrogen (secondary N) is 2. The summed E-state index contributed by atoms with van der Waals surface area (Å²) in [6, 6.07) is 10.2. The Morgan fingerprint density at radius 2 is 1.96 bits per heavy atom. The number of aromatic amines is 1. The van der Waals surface area contributed by atoms with E-state index < -0.39 is 0 Å². The Hall–Kier alpha value is -2.83. The van der Waals surface area contributed by atoms with Gasteiger partial charge in [-0.3, -0.25) is 9.79 Å². The van der Waals surface area contributed by atoms with Gasteiger partial charge in [0.2, 0.25) is 0 Å². The quantitative estimate of drug-likeness (QED) is 0.284. The van der Waals surface area contributed by atoms with Crippen molar-refractivity contribution in [3.63, 3.8) is 0 Å². The molecular formula is C21H31N5O2. The average molecular weight is 386 g/mol. The molecule has 7 heteroatoms. The fourth-order valence-electron chi connectivity index (χ4n) is 2.94. The van der Waals surface area contributed by atoms with Crippen molar-refractivity contribution in [2.75, 3.05) is 27.7 Å². The van der Waals surface area contributed by atoms with Gasteiger partial charge >= 0.3 is 5.97 Å². The third-order valence-electron chi connectivity index (χ3n) is 4.49. The number of aromatic nitrogens is 2. The number of aliphatic imine (C=N–C) groups is 1. The highest BCUT2D eigenvalue weighted by Crippen LogP contribution is 2.16. The van der Waals surface area contributed by atoms with E-state index in [-0.39, 0.29) is 5.97 Å². The van der Waals surface area contributed by atoms with Crippen molar-refractivity contribution in [3.05, 3.63) is 42.4 Å². The first-order valence-electron chi connectivity index (χ1n) is 9.72. The summed E-state index contributed by atoms with van der Waals surface area (Å²) in [6.07, 6.45) is 6.38. The van der Waals surface area contributed by atoms with Crippen LogP contribution in [-0.4, -0.2) is 54.5 Å². The normalized spacial score (nSPS) is 11.3. The summed E-state index contributed by atoms with van der Waals surface area (Å²) in [4.78, 5) is 25.3. The number of rotatable bonds is 10. The minimum absolute atomic E-state index is 0.131. The number of imidazole rings is 1. The molecule has 0 aliphatic rings. The van der Waals surface area contributed by atoms with E-state index in [0.717, 1.165) is 55.3 Å². The standard InChI is InChI=1S/C21H31N5O2/c1-22-21(23-14-10-5-4-9-13-20(27)28-3)26(2)16-19-24-15-18(25-19)17-11-7-6-8-12-17/h6-8,11-12,15H,4-5,9-10,13-14,16H2,1-3H3,(H,22,23)(H,24,25). The Kier molecular flexibility index (Phi) is 9.04. The molecule has 0 atom stereocenters. The largest absolute Gasteiger partial charge is 0.469 e. The molecule has 2 N–H and O–H groups in total. The number of H-pyrrole nitrogens is 1. The van der Waals surface area contributed by atoms with Crippen LogP contribution < -0.4 is 5.32 Å². The highest BCUT2D eigenvalue weighted by atomic mass is 16.5. The van der Waals surface area contributed by atoms with Crippen LogP contribution in [0.4, 0.5) is 0 Å². The SMILES string of the molecule is CN=C(NCCCCCCC(=O)OC)N(C)Cc1ncc(-c2ccccc2)[nH]1. The van der Waals surface area contributed by atoms with Crippen molar-refractivity contribution >= 4 is 11.9 Å². The van der Waals surface area contributed by atoms with E-state index in [2.05, 4.69) is 37.1 Å². The van der Waals surface area contributed by atoms with Crippen LogP contribution in [-0.2, 0) is 16.1 Å². The highest BCUT2D eigenvalue weighted by Gasteiger charge is 2.09. The minimum Gasteiger partial charge on any atom is -0.469 e. The zero-order valence-electron chi connectivity index (χ0n) is 17.1. The van der Waals surface area contributed by atoms with Crippen molar-refractivity contribution in [3.8, 4) is 11.3 Å². The van der Waals surface area contributed by atoms with E-state index in [1.807, 2.05) is 36.3 Å². The van der Waals surface area contributed by atoms with Gasteiger partial charge in [0, 0.05) is 27.1 Å². The third kappa shape index (κ3) is 7.06. The molecule has 28 heavy (non-hydrogen) atoms. The Morgan fingerprint density at radius 1 is 1.21 bits per heavy atom. The third-order valence-corrected chi connectivity index (χ3v) is 4.49. The number of carbonyl (C=O) groups excluding carboxylic acids is 1. The number of carbonyl (C=O) groups is 1. The Morgan fingerprint density at radius 3 is 2.68 bits per heavy atom. The molecule has 2 aromatic rings. The molecule has 0 bridgehead atoms. The minimum atomic E-state index is -0.131.